The molecule has 0 fully saturated rings. The lowest BCUT2D eigenvalue weighted by atomic mass is 10.2. The Morgan fingerprint density at radius 1 is 1.56 bits per heavy atom. The van der Waals surface area contributed by atoms with Gasteiger partial charge in [0.1, 0.15) is 5.82 Å². The summed E-state index contributed by atoms with van der Waals surface area (Å²) in [5.74, 6) is -1.30. The maximum absolute atomic E-state index is 12.9. The molecule has 1 aromatic rings. The van der Waals surface area contributed by atoms with Crippen LogP contribution in [0.1, 0.15) is 5.56 Å². The van der Waals surface area contributed by atoms with Crippen molar-refractivity contribution in [3.63, 3.8) is 0 Å². The molecule has 0 heterocycles. The first-order valence-corrected chi connectivity index (χ1v) is 4.83. The molecular formula is C12H14FNO2. The molecular weight excluding hydrogens is 209 g/mol. The number of carboxylic acids is 1. The second-order valence-corrected chi connectivity index (χ2v) is 3.71. The molecule has 16 heavy (non-hydrogen) atoms. The standard InChI is InChI=1S/C12H14FNO2/c1-9(12(15)16)7-14(2)8-10-4-3-5-11(13)6-10/h3-6H,1,7-8H2,2H3,(H,15,16). The van der Waals surface area contributed by atoms with Gasteiger partial charge in [0, 0.05) is 18.7 Å². The van der Waals surface area contributed by atoms with E-state index in [4.69, 9.17) is 5.11 Å². The molecule has 0 aliphatic carbocycles. The highest BCUT2D eigenvalue weighted by atomic mass is 19.1. The van der Waals surface area contributed by atoms with E-state index < -0.39 is 5.97 Å². The summed E-state index contributed by atoms with van der Waals surface area (Å²) in [6.07, 6.45) is 0. The van der Waals surface area contributed by atoms with Crippen molar-refractivity contribution in [3.8, 4) is 0 Å². The summed E-state index contributed by atoms with van der Waals surface area (Å²) >= 11 is 0. The number of rotatable bonds is 5. The molecule has 1 N–H and O–H groups in total. The average molecular weight is 223 g/mol. The monoisotopic (exact) mass is 223 g/mol. The van der Waals surface area contributed by atoms with Gasteiger partial charge in [0.05, 0.1) is 0 Å². The smallest absolute Gasteiger partial charge is 0.332 e. The zero-order valence-electron chi connectivity index (χ0n) is 9.11. The van der Waals surface area contributed by atoms with Gasteiger partial charge in [-0.05, 0) is 24.7 Å². The molecule has 0 unspecified atom stereocenters. The molecule has 3 nitrogen and oxygen atoms in total. The van der Waals surface area contributed by atoms with E-state index in [1.807, 2.05) is 0 Å². The van der Waals surface area contributed by atoms with E-state index in [1.165, 1.54) is 12.1 Å². The molecule has 86 valence electrons. The molecule has 0 spiro atoms. The van der Waals surface area contributed by atoms with Gasteiger partial charge >= 0.3 is 5.97 Å². The number of carbonyl (C=O) groups is 1. The minimum atomic E-state index is -1.01. The van der Waals surface area contributed by atoms with Crippen molar-refractivity contribution >= 4 is 5.97 Å². The van der Waals surface area contributed by atoms with Gasteiger partial charge in [-0.1, -0.05) is 18.7 Å². The predicted molar refractivity (Wildman–Crippen MR) is 59.5 cm³/mol. The van der Waals surface area contributed by atoms with Gasteiger partial charge in [-0.15, -0.1) is 0 Å². The summed E-state index contributed by atoms with van der Waals surface area (Å²) in [7, 11) is 1.76. The first kappa shape index (κ1) is 12.4. The quantitative estimate of drug-likeness (QED) is 0.775. The number of halogens is 1. The maximum Gasteiger partial charge on any atom is 0.332 e. The van der Waals surface area contributed by atoms with E-state index >= 15 is 0 Å². The van der Waals surface area contributed by atoms with Crippen LogP contribution in [0.5, 0.6) is 0 Å². The topological polar surface area (TPSA) is 40.5 Å². The zero-order chi connectivity index (χ0) is 12.1. The molecule has 0 aliphatic heterocycles. The minimum absolute atomic E-state index is 0.124. The highest BCUT2D eigenvalue weighted by Gasteiger charge is 2.08. The highest BCUT2D eigenvalue weighted by Crippen LogP contribution is 2.07. The fraction of sp³-hybridized carbons (Fsp3) is 0.250. The third kappa shape index (κ3) is 3.82. The molecule has 1 aromatic carbocycles. The number of hydrogen-bond acceptors (Lipinski definition) is 2. The Kier molecular flexibility index (Phi) is 4.19. The molecule has 0 saturated heterocycles. The van der Waals surface area contributed by atoms with Crippen LogP contribution in [0.25, 0.3) is 0 Å². The van der Waals surface area contributed by atoms with E-state index in [0.29, 0.717) is 6.54 Å². The number of likely N-dealkylation sites (N-methyl/N-ethyl adjacent to an activating group) is 1. The molecule has 4 heteroatoms. The summed E-state index contributed by atoms with van der Waals surface area (Å²) in [5.41, 5.74) is 0.930. The molecule has 0 atom stereocenters. The van der Waals surface area contributed by atoms with Crippen LogP contribution in [-0.4, -0.2) is 29.6 Å². The fourth-order valence-corrected chi connectivity index (χ4v) is 1.40. The van der Waals surface area contributed by atoms with Crippen molar-refractivity contribution in [2.24, 2.45) is 0 Å². The predicted octanol–water partition coefficient (Wildman–Crippen LogP) is 1.90. The first-order valence-electron chi connectivity index (χ1n) is 4.83. The molecule has 0 saturated carbocycles. The highest BCUT2D eigenvalue weighted by molar-refractivity contribution is 5.86. The Hall–Kier alpha value is -1.68. The van der Waals surface area contributed by atoms with Crippen molar-refractivity contribution in [1.29, 1.82) is 0 Å². The van der Waals surface area contributed by atoms with Gasteiger partial charge in [0.15, 0.2) is 0 Å². The summed E-state index contributed by atoms with van der Waals surface area (Å²) in [6.45, 7) is 4.18. The van der Waals surface area contributed by atoms with E-state index in [0.717, 1.165) is 5.56 Å². The van der Waals surface area contributed by atoms with Gasteiger partial charge in [-0.25, -0.2) is 9.18 Å². The van der Waals surface area contributed by atoms with Crippen LogP contribution >= 0.6 is 0 Å². The number of nitrogens with zero attached hydrogens (tertiary/aromatic N) is 1. The molecule has 0 amide bonds. The average Bonchev–Trinajstić information content (AvgIpc) is 2.16. The van der Waals surface area contributed by atoms with Gasteiger partial charge in [0.2, 0.25) is 0 Å². The molecule has 0 radical (unpaired) electrons. The normalized spacial score (nSPS) is 10.4. The Morgan fingerprint density at radius 2 is 2.25 bits per heavy atom. The van der Waals surface area contributed by atoms with Gasteiger partial charge in [-0.3, -0.25) is 4.90 Å². The number of hydrogen-bond donors (Lipinski definition) is 1. The van der Waals surface area contributed by atoms with Crippen LogP contribution in [0, 0.1) is 5.82 Å². The maximum atomic E-state index is 12.9. The lowest BCUT2D eigenvalue weighted by molar-refractivity contribution is -0.132. The molecule has 0 bridgehead atoms. The fourth-order valence-electron chi connectivity index (χ4n) is 1.40. The Bertz CT molecular complexity index is 404. The lowest BCUT2D eigenvalue weighted by Crippen LogP contribution is -2.23. The second-order valence-electron chi connectivity index (χ2n) is 3.71. The van der Waals surface area contributed by atoms with Crippen LogP contribution in [0.15, 0.2) is 36.4 Å². The minimum Gasteiger partial charge on any atom is -0.478 e. The van der Waals surface area contributed by atoms with Crippen molar-refractivity contribution < 1.29 is 14.3 Å². The number of benzene rings is 1. The zero-order valence-corrected chi connectivity index (χ0v) is 9.11. The van der Waals surface area contributed by atoms with Crippen LogP contribution in [0.3, 0.4) is 0 Å². The molecule has 0 aliphatic rings. The van der Waals surface area contributed by atoms with Crippen molar-refractivity contribution in [2.45, 2.75) is 6.54 Å². The van der Waals surface area contributed by atoms with Crippen molar-refractivity contribution in [1.82, 2.24) is 4.90 Å². The molecule has 0 aromatic heterocycles. The van der Waals surface area contributed by atoms with E-state index in [1.54, 1.807) is 24.1 Å². The Labute approximate surface area is 93.8 Å². The van der Waals surface area contributed by atoms with Crippen LogP contribution in [-0.2, 0) is 11.3 Å². The second kappa shape index (κ2) is 5.42. The first-order chi connectivity index (χ1) is 7.49. The van der Waals surface area contributed by atoms with E-state index in [2.05, 4.69) is 6.58 Å². The van der Waals surface area contributed by atoms with Crippen molar-refractivity contribution in [2.75, 3.05) is 13.6 Å². The van der Waals surface area contributed by atoms with Crippen LogP contribution in [0.2, 0.25) is 0 Å². The summed E-state index contributed by atoms with van der Waals surface area (Å²) in [4.78, 5) is 12.3. The number of carboxylic acid groups (broad SMARTS) is 1. The Balaban J connectivity index is 2.55. The van der Waals surface area contributed by atoms with E-state index in [-0.39, 0.29) is 17.9 Å². The van der Waals surface area contributed by atoms with E-state index in [9.17, 15) is 9.18 Å². The van der Waals surface area contributed by atoms with Gasteiger partial charge in [0.25, 0.3) is 0 Å². The Morgan fingerprint density at radius 3 is 2.81 bits per heavy atom. The summed E-state index contributed by atoms with van der Waals surface area (Å²) in [6, 6.07) is 6.23. The van der Waals surface area contributed by atoms with Crippen molar-refractivity contribution in [3.05, 3.63) is 47.8 Å². The molecule has 1 rings (SSSR count). The largest absolute Gasteiger partial charge is 0.478 e. The summed E-state index contributed by atoms with van der Waals surface area (Å²) in [5, 5.41) is 8.65. The van der Waals surface area contributed by atoms with Gasteiger partial charge < -0.3 is 5.11 Å². The van der Waals surface area contributed by atoms with Crippen LogP contribution < -0.4 is 0 Å². The third-order valence-corrected chi connectivity index (χ3v) is 2.10. The van der Waals surface area contributed by atoms with Crippen LogP contribution in [0.4, 0.5) is 4.39 Å². The lowest BCUT2D eigenvalue weighted by Gasteiger charge is -2.16. The SMILES string of the molecule is C=C(CN(C)Cc1cccc(F)c1)C(=O)O. The number of aliphatic carboxylic acids is 1. The van der Waals surface area contributed by atoms with Gasteiger partial charge in [-0.2, -0.15) is 0 Å². The third-order valence-electron chi connectivity index (χ3n) is 2.10. The summed E-state index contributed by atoms with van der Waals surface area (Å²) < 4.78 is 12.9.